The van der Waals surface area contributed by atoms with Crippen LogP contribution in [0.1, 0.15) is 12.8 Å². The molecule has 0 atom stereocenters. The Balaban J connectivity index is 1.98. The molecule has 1 aliphatic rings. The predicted molar refractivity (Wildman–Crippen MR) is 60.3 cm³/mol. The summed E-state index contributed by atoms with van der Waals surface area (Å²) in [5.74, 6) is 0.641. The van der Waals surface area contributed by atoms with Crippen LogP contribution in [-0.4, -0.2) is 47.5 Å². The van der Waals surface area contributed by atoms with E-state index in [4.69, 9.17) is 4.74 Å². The van der Waals surface area contributed by atoms with Crippen LogP contribution in [0.4, 0.5) is 5.95 Å². The molecule has 1 aromatic rings. The van der Waals surface area contributed by atoms with Crippen molar-refractivity contribution in [3.63, 3.8) is 0 Å². The Morgan fingerprint density at radius 3 is 2.62 bits per heavy atom. The molecule has 0 unspecified atom stereocenters. The minimum Gasteiger partial charge on any atom is -0.388 e. The van der Waals surface area contributed by atoms with Gasteiger partial charge in [0.05, 0.1) is 5.60 Å². The average Bonchev–Trinajstić information content (AvgIpc) is 2.30. The van der Waals surface area contributed by atoms with E-state index in [0.717, 1.165) is 0 Å². The maximum absolute atomic E-state index is 10.3. The summed E-state index contributed by atoms with van der Waals surface area (Å²) >= 11 is 0. The van der Waals surface area contributed by atoms with Gasteiger partial charge in [-0.05, 0) is 6.07 Å². The van der Waals surface area contributed by atoms with Gasteiger partial charge in [0.2, 0.25) is 5.95 Å². The fraction of sp³-hybridized carbons (Fsp3) is 0.636. The van der Waals surface area contributed by atoms with Gasteiger partial charge in [-0.3, -0.25) is 0 Å². The van der Waals surface area contributed by atoms with Crippen molar-refractivity contribution in [1.82, 2.24) is 9.97 Å². The largest absolute Gasteiger partial charge is 0.388 e. The Morgan fingerprint density at radius 1 is 1.38 bits per heavy atom. The van der Waals surface area contributed by atoms with E-state index in [2.05, 4.69) is 9.97 Å². The fourth-order valence-electron chi connectivity index (χ4n) is 1.91. The monoisotopic (exact) mass is 223 g/mol. The van der Waals surface area contributed by atoms with Gasteiger partial charge < -0.3 is 14.7 Å². The topological polar surface area (TPSA) is 58.5 Å². The first-order valence-electron chi connectivity index (χ1n) is 5.48. The highest BCUT2D eigenvalue weighted by Gasteiger charge is 2.31. The van der Waals surface area contributed by atoms with Crippen molar-refractivity contribution >= 4 is 5.95 Å². The smallest absolute Gasteiger partial charge is 0.225 e. The van der Waals surface area contributed by atoms with Crippen molar-refractivity contribution < 1.29 is 9.84 Å². The number of likely N-dealkylation sites (N-methyl/N-ethyl adjacent to an activating group) is 1. The summed E-state index contributed by atoms with van der Waals surface area (Å²) in [7, 11) is 1.89. The molecule has 0 amide bonds. The van der Waals surface area contributed by atoms with E-state index in [1.165, 1.54) is 0 Å². The molecule has 88 valence electrons. The van der Waals surface area contributed by atoms with Crippen LogP contribution >= 0.6 is 0 Å². The molecule has 1 aliphatic heterocycles. The highest BCUT2D eigenvalue weighted by atomic mass is 16.5. The fourth-order valence-corrected chi connectivity index (χ4v) is 1.91. The first-order chi connectivity index (χ1) is 7.70. The van der Waals surface area contributed by atoms with Crippen molar-refractivity contribution in [3.8, 4) is 0 Å². The summed E-state index contributed by atoms with van der Waals surface area (Å²) in [6, 6.07) is 1.78. The zero-order chi connectivity index (χ0) is 11.4. The Morgan fingerprint density at radius 2 is 2.00 bits per heavy atom. The van der Waals surface area contributed by atoms with Gasteiger partial charge in [0.15, 0.2) is 0 Å². The second-order valence-electron chi connectivity index (χ2n) is 4.24. The quantitative estimate of drug-likeness (QED) is 0.806. The minimum atomic E-state index is -0.674. The number of ether oxygens (including phenoxy) is 1. The average molecular weight is 223 g/mol. The molecule has 0 saturated carbocycles. The Labute approximate surface area is 95.1 Å². The van der Waals surface area contributed by atoms with Crippen LogP contribution in [0.25, 0.3) is 0 Å². The second kappa shape index (κ2) is 4.76. The van der Waals surface area contributed by atoms with Gasteiger partial charge in [-0.25, -0.2) is 9.97 Å². The minimum absolute atomic E-state index is 0.542. The third-order valence-corrected chi connectivity index (χ3v) is 2.85. The zero-order valence-corrected chi connectivity index (χ0v) is 9.46. The van der Waals surface area contributed by atoms with Gasteiger partial charge in [0.25, 0.3) is 0 Å². The molecule has 0 spiro atoms. The standard InChI is InChI=1S/C11H17N3O2/c1-14(10-12-5-2-6-13-10)9-11(15)3-7-16-8-4-11/h2,5-6,15H,3-4,7-9H2,1H3. The van der Waals surface area contributed by atoms with Crippen LogP contribution in [0.15, 0.2) is 18.5 Å². The highest BCUT2D eigenvalue weighted by Crippen LogP contribution is 2.22. The van der Waals surface area contributed by atoms with E-state index in [-0.39, 0.29) is 0 Å². The lowest BCUT2D eigenvalue weighted by Crippen LogP contribution is -2.46. The van der Waals surface area contributed by atoms with Crippen LogP contribution in [0, 0.1) is 0 Å². The van der Waals surface area contributed by atoms with E-state index < -0.39 is 5.60 Å². The van der Waals surface area contributed by atoms with E-state index in [1.807, 2.05) is 11.9 Å². The maximum atomic E-state index is 10.3. The Bertz CT molecular complexity index is 325. The van der Waals surface area contributed by atoms with E-state index >= 15 is 0 Å². The molecule has 2 rings (SSSR count). The van der Waals surface area contributed by atoms with E-state index in [1.54, 1.807) is 18.5 Å². The number of aliphatic hydroxyl groups is 1. The lowest BCUT2D eigenvalue weighted by molar-refractivity contribution is -0.0574. The molecule has 1 saturated heterocycles. The molecular formula is C11H17N3O2. The van der Waals surface area contributed by atoms with Crippen LogP contribution in [0.5, 0.6) is 0 Å². The van der Waals surface area contributed by atoms with Crippen molar-refractivity contribution in [2.24, 2.45) is 0 Å². The maximum Gasteiger partial charge on any atom is 0.225 e. The number of hydrogen-bond acceptors (Lipinski definition) is 5. The van der Waals surface area contributed by atoms with Crippen molar-refractivity contribution in [2.75, 3.05) is 31.7 Å². The van der Waals surface area contributed by atoms with Gasteiger partial charge >= 0.3 is 0 Å². The van der Waals surface area contributed by atoms with Crippen LogP contribution in [0.2, 0.25) is 0 Å². The summed E-state index contributed by atoms with van der Waals surface area (Å²) < 4.78 is 5.24. The van der Waals surface area contributed by atoms with Crippen LogP contribution in [0.3, 0.4) is 0 Å². The molecular weight excluding hydrogens is 206 g/mol. The van der Waals surface area contributed by atoms with Crippen LogP contribution < -0.4 is 4.90 Å². The third kappa shape index (κ3) is 2.68. The molecule has 5 heteroatoms. The molecule has 1 N–H and O–H groups in total. The summed E-state index contributed by atoms with van der Waals surface area (Å²) in [6.07, 6.45) is 4.74. The number of anilines is 1. The Kier molecular flexibility index (Phi) is 3.36. The van der Waals surface area contributed by atoms with Crippen molar-refractivity contribution in [3.05, 3.63) is 18.5 Å². The molecule has 0 aliphatic carbocycles. The number of nitrogens with zero attached hydrogens (tertiary/aromatic N) is 3. The lowest BCUT2D eigenvalue weighted by Gasteiger charge is -2.35. The highest BCUT2D eigenvalue weighted by molar-refractivity contribution is 5.27. The SMILES string of the molecule is CN(CC1(O)CCOCC1)c1ncccn1. The number of hydrogen-bond donors (Lipinski definition) is 1. The molecule has 1 fully saturated rings. The molecule has 16 heavy (non-hydrogen) atoms. The van der Waals surface area contributed by atoms with Gasteiger partial charge in [-0.15, -0.1) is 0 Å². The predicted octanol–water partition coefficient (Wildman–Crippen LogP) is 0.454. The van der Waals surface area contributed by atoms with Crippen molar-refractivity contribution in [2.45, 2.75) is 18.4 Å². The molecule has 5 nitrogen and oxygen atoms in total. The molecule has 0 bridgehead atoms. The lowest BCUT2D eigenvalue weighted by atomic mass is 9.94. The van der Waals surface area contributed by atoms with Gasteiger partial charge in [0, 0.05) is 52.0 Å². The van der Waals surface area contributed by atoms with Gasteiger partial charge in [0.1, 0.15) is 0 Å². The number of aromatic nitrogens is 2. The van der Waals surface area contributed by atoms with Gasteiger partial charge in [-0.1, -0.05) is 0 Å². The Hall–Kier alpha value is -1.20. The third-order valence-electron chi connectivity index (χ3n) is 2.85. The summed E-state index contributed by atoms with van der Waals surface area (Å²) in [4.78, 5) is 10.2. The molecule has 0 aromatic carbocycles. The van der Waals surface area contributed by atoms with Gasteiger partial charge in [-0.2, -0.15) is 0 Å². The molecule has 1 aromatic heterocycles. The van der Waals surface area contributed by atoms with E-state index in [9.17, 15) is 5.11 Å². The molecule has 0 radical (unpaired) electrons. The van der Waals surface area contributed by atoms with E-state index in [0.29, 0.717) is 38.5 Å². The first kappa shape index (κ1) is 11.3. The summed E-state index contributed by atoms with van der Waals surface area (Å²) in [5.41, 5.74) is -0.674. The van der Waals surface area contributed by atoms with Crippen LogP contribution in [-0.2, 0) is 4.74 Å². The summed E-state index contributed by atoms with van der Waals surface area (Å²) in [6.45, 7) is 1.79. The summed E-state index contributed by atoms with van der Waals surface area (Å²) in [5, 5.41) is 10.3. The second-order valence-corrected chi connectivity index (χ2v) is 4.24. The zero-order valence-electron chi connectivity index (χ0n) is 9.46. The van der Waals surface area contributed by atoms with Crippen molar-refractivity contribution in [1.29, 1.82) is 0 Å². The molecule has 2 heterocycles. The first-order valence-corrected chi connectivity index (χ1v) is 5.48. The normalized spacial score (nSPS) is 19.4. The number of rotatable bonds is 3.